The molecule has 8 heteroatoms. The molecule has 166 valence electrons. The Bertz CT molecular complexity index is 1100. The fourth-order valence-electron chi connectivity index (χ4n) is 3.71. The highest BCUT2D eigenvalue weighted by atomic mass is 32.1. The molecule has 0 bridgehead atoms. The highest BCUT2D eigenvalue weighted by molar-refractivity contribution is 7.07. The van der Waals surface area contributed by atoms with Gasteiger partial charge in [0.2, 0.25) is 5.91 Å². The van der Waals surface area contributed by atoms with Crippen LogP contribution in [0, 0.1) is 11.7 Å². The Balaban J connectivity index is 1.94. The summed E-state index contributed by atoms with van der Waals surface area (Å²) in [7, 11) is 0. The van der Waals surface area contributed by atoms with Gasteiger partial charge in [-0.25, -0.2) is 9.18 Å². The van der Waals surface area contributed by atoms with Crippen molar-refractivity contribution in [2.45, 2.75) is 52.1 Å². The van der Waals surface area contributed by atoms with Crippen LogP contribution in [-0.2, 0) is 20.9 Å². The number of rotatable bonds is 6. The van der Waals surface area contributed by atoms with Crippen LogP contribution < -0.4 is 20.1 Å². The lowest BCUT2D eigenvalue weighted by Gasteiger charge is -2.29. The highest BCUT2D eigenvalue weighted by Crippen LogP contribution is 2.23. The van der Waals surface area contributed by atoms with Crippen molar-refractivity contribution in [3.05, 3.63) is 55.2 Å². The third-order valence-corrected chi connectivity index (χ3v) is 6.45. The Morgan fingerprint density at radius 1 is 1.26 bits per heavy atom. The van der Waals surface area contributed by atoms with Crippen LogP contribution in [0.25, 0.3) is 12.2 Å². The number of ether oxygens (including phenoxy) is 1. The molecule has 0 spiro atoms. The molecule has 3 rings (SSSR count). The Kier molecular flexibility index (Phi) is 7.79. The summed E-state index contributed by atoms with van der Waals surface area (Å²) in [4.78, 5) is 37.7. The zero-order chi connectivity index (χ0) is 22.4. The average molecular weight is 447 g/mol. The second kappa shape index (κ2) is 10.5. The quantitative estimate of drug-likeness (QED) is 0.688. The van der Waals surface area contributed by atoms with Crippen molar-refractivity contribution in [3.8, 4) is 0 Å². The zero-order valence-electron chi connectivity index (χ0n) is 17.7. The van der Waals surface area contributed by atoms with Gasteiger partial charge in [-0.3, -0.25) is 14.2 Å². The van der Waals surface area contributed by atoms with E-state index in [1.54, 1.807) is 25.1 Å². The van der Waals surface area contributed by atoms with Crippen LogP contribution in [0.2, 0.25) is 0 Å². The molecule has 1 N–H and O–H groups in total. The summed E-state index contributed by atoms with van der Waals surface area (Å²) in [6, 6.07) is 5.83. The molecular formula is C23H27FN2O4S. The molecule has 1 aromatic carbocycles. The molecule has 1 aliphatic rings. The minimum atomic E-state index is -0.577. The fraction of sp³-hybridized carbons (Fsp3) is 0.435. The van der Waals surface area contributed by atoms with Crippen LogP contribution in [0.15, 0.2) is 29.1 Å². The molecule has 1 fully saturated rings. The highest BCUT2D eigenvalue weighted by Gasteiger charge is 2.23. The summed E-state index contributed by atoms with van der Waals surface area (Å²) < 4.78 is 20.1. The molecule has 31 heavy (non-hydrogen) atoms. The molecule has 1 heterocycles. The summed E-state index contributed by atoms with van der Waals surface area (Å²) in [6.07, 6.45) is 7.09. The maximum Gasteiger partial charge on any atom is 0.333 e. The Hall–Kier alpha value is -2.74. The molecule has 2 unspecified atom stereocenters. The molecule has 1 amide bonds. The number of esters is 1. The van der Waals surface area contributed by atoms with Gasteiger partial charge in [-0.1, -0.05) is 31.9 Å². The number of amides is 1. The summed E-state index contributed by atoms with van der Waals surface area (Å²) in [5, 5.41) is 3.04. The molecule has 0 aliphatic heterocycles. The van der Waals surface area contributed by atoms with Gasteiger partial charge >= 0.3 is 5.97 Å². The lowest BCUT2D eigenvalue weighted by atomic mass is 9.86. The number of hydrogen-bond donors (Lipinski definition) is 1. The third kappa shape index (κ3) is 6.13. The van der Waals surface area contributed by atoms with Crippen LogP contribution in [0.1, 0.15) is 45.1 Å². The van der Waals surface area contributed by atoms with Crippen molar-refractivity contribution < 1.29 is 18.7 Å². The summed E-state index contributed by atoms with van der Waals surface area (Å²) in [5.74, 6) is -0.812. The van der Waals surface area contributed by atoms with Gasteiger partial charge in [-0.2, -0.15) is 0 Å². The molecule has 1 saturated carbocycles. The molecule has 0 saturated heterocycles. The molecule has 2 atom stereocenters. The van der Waals surface area contributed by atoms with E-state index in [1.165, 1.54) is 29.2 Å². The van der Waals surface area contributed by atoms with Crippen molar-refractivity contribution in [2.24, 2.45) is 5.92 Å². The van der Waals surface area contributed by atoms with Crippen LogP contribution in [0.3, 0.4) is 0 Å². The van der Waals surface area contributed by atoms with E-state index in [-0.39, 0.29) is 36.5 Å². The number of nitrogens with one attached hydrogen (secondary N) is 1. The number of hydrogen-bond acceptors (Lipinski definition) is 5. The van der Waals surface area contributed by atoms with E-state index < -0.39 is 5.97 Å². The van der Waals surface area contributed by atoms with Gasteiger partial charge in [0, 0.05) is 6.04 Å². The molecule has 0 radical (unpaired) electrons. The first-order valence-electron chi connectivity index (χ1n) is 10.5. The number of carbonyl (C=O) groups is 2. The smallest absolute Gasteiger partial charge is 0.333 e. The largest absolute Gasteiger partial charge is 0.463 e. The van der Waals surface area contributed by atoms with Gasteiger partial charge in [0.15, 0.2) is 0 Å². The number of thiazole rings is 1. The number of nitrogens with zero attached hydrogens (tertiary/aromatic N) is 1. The van der Waals surface area contributed by atoms with E-state index in [1.807, 2.05) is 0 Å². The average Bonchev–Trinajstić information content (AvgIpc) is 3.00. The van der Waals surface area contributed by atoms with Crippen molar-refractivity contribution in [1.82, 2.24) is 9.88 Å². The topological polar surface area (TPSA) is 77.4 Å². The van der Waals surface area contributed by atoms with Gasteiger partial charge in [0.1, 0.15) is 17.0 Å². The van der Waals surface area contributed by atoms with Gasteiger partial charge in [0.05, 0.1) is 17.2 Å². The number of benzene rings is 1. The minimum Gasteiger partial charge on any atom is -0.463 e. The van der Waals surface area contributed by atoms with Gasteiger partial charge in [-0.05, 0) is 49.5 Å². The van der Waals surface area contributed by atoms with Crippen molar-refractivity contribution in [3.63, 3.8) is 0 Å². The second-order valence-electron chi connectivity index (χ2n) is 7.72. The predicted molar refractivity (Wildman–Crippen MR) is 118 cm³/mol. The summed E-state index contributed by atoms with van der Waals surface area (Å²) in [6.45, 7) is 3.84. The van der Waals surface area contributed by atoms with Crippen molar-refractivity contribution in [1.29, 1.82) is 0 Å². The van der Waals surface area contributed by atoms with Crippen LogP contribution >= 0.6 is 11.3 Å². The number of halogens is 1. The van der Waals surface area contributed by atoms with E-state index in [9.17, 15) is 18.8 Å². The van der Waals surface area contributed by atoms with E-state index >= 15 is 0 Å². The standard InChI is InChI=1S/C23H27FN2O4S/c1-3-30-22(28)13-21-26(14-20(27)25-18-7-5-4-6-15(18)2)23(29)19(31-21)12-16-8-10-17(24)11-9-16/h8-13,15,18H,3-7,14H2,1-2H3,(H,25,27)/b19-12-,21-13-. The van der Waals surface area contributed by atoms with Crippen molar-refractivity contribution >= 4 is 35.4 Å². The van der Waals surface area contributed by atoms with E-state index in [4.69, 9.17) is 4.74 Å². The maximum atomic E-state index is 13.2. The zero-order valence-corrected chi connectivity index (χ0v) is 18.5. The molecule has 1 aliphatic carbocycles. The Morgan fingerprint density at radius 2 is 1.97 bits per heavy atom. The first-order chi connectivity index (χ1) is 14.9. The third-order valence-electron chi connectivity index (χ3n) is 5.39. The first kappa shape index (κ1) is 22.9. The monoisotopic (exact) mass is 446 g/mol. The number of carbonyl (C=O) groups excluding carboxylic acids is 2. The summed E-state index contributed by atoms with van der Waals surface area (Å²) in [5.41, 5.74) is 0.270. The van der Waals surface area contributed by atoms with Gasteiger partial charge < -0.3 is 10.1 Å². The Labute approximate surface area is 184 Å². The van der Waals surface area contributed by atoms with Gasteiger partial charge in [-0.15, -0.1) is 11.3 Å². The molecule has 2 aromatic rings. The minimum absolute atomic E-state index is 0.0957. The maximum absolute atomic E-state index is 13.2. The van der Waals surface area contributed by atoms with E-state index in [0.717, 1.165) is 30.6 Å². The first-order valence-corrected chi connectivity index (χ1v) is 11.3. The SMILES string of the molecule is CCOC(=O)/C=c1\s/c(=C\c2ccc(F)cc2)c(=O)n1CC(=O)NC1CCCCC1C. The fourth-order valence-corrected chi connectivity index (χ4v) is 4.75. The lowest BCUT2D eigenvalue weighted by molar-refractivity contribution is -0.135. The molecule has 1 aromatic heterocycles. The lowest BCUT2D eigenvalue weighted by Crippen LogP contribution is -2.45. The molecule has 6 nitrogen and oxygen atoms in total. The van der Waals surface area contributed by atoms with Crippen molar-refractivity contribution in [2.75, 3.05) is 6.61 Å². The van der Waals surface area contributed by atoms with Crippen LogP contribution in [-0.4, -0.2) is 29.1 Å². The molecular weight excluding hydrogens is 419 g/mol. The number of aromatic nitrogens is 1. The Morgan fingerprint density at radius 3 is 2.65 bits per heavy atom. The van der Waals surface area contributed by atoms with Crippen LogP contribution in [0.4, 0.5) is 4.39 Å². The predicted octanol–water partition coefficient (Wildman–Crippen LogP) is 1.92. The van der Waals surface area contributed by atoms with E-state index in [2.05, 4.69) is 12.2 Å². The summed E-state index contributed by atoms with van der Waals surface area (Å²) >= 11 is 1.09. The van der Waals surface area contributed by atoms with E-state index in [0.29, 0.717) is 20.7 Å². The van der Waals surface area contributed by atoms with Crippen LogP contribution in [0.5, 0.6) is 0 Å². The van der Waals surface area contributed by atoms with Gasteiger partial charge in [0.25, 0.3) is 5.56 Å². The normalized spacial score (nSPS) is 20.0. The second-order valence-corrected chi connectivity index (χ2v) is 8.79.